The standard InChI is InChI=1S/C16H19NO5/c1-10(18)12-6-3-4-7-13(12)17-15(19)11(2)22-16(20)14-8-5-9-21-14/h3-4,6-7,11,14H,5,8-9H2,1-2H3,(H,17,19)/t11-,14+/m0/s1. The third-order valence-electron chi connectivity index (χ3n) is 3.42. The normalized spacial score (nSPS) is 18.5. The predicted octanol–water partition coefficient (Wildman–Crippen LogP) is 1.94. The quantitative estimate of drug-likeness (QED) is 0.664. The minimum atomic E-state index is -0.961. The van der Waals surface area contributed by atoms with Crippen LogP contribution in [0.2, 0.25) is 0 Å². The van der Waals surface area contributed by atoms with Crippen molar-refractivity contribution >= 4 is 23.3 Å². The van der Waals surface area contributed by atoms with Crippen molar-refractivity contribution in [2.45, 2.75) is 38.9 Å². The van der Waals surface area contributed by atoms with E-state index in [0.717, 1.165) is 6.42 Å². The summed E-state index contributed by atoms with van der Waals surface area (Å²) in [5, 5.41) is 2.61. The number of Topliss-reactive ketones (excluding diaryl/α,β-unsaturated/α-hetero) is 1. The lowest BCUT2D eigenvalue weighted by atomic mass is 10.1. The molecule has 2 rings (SSSR count). The molecule has 1 N–H and O–H groups in total. The molecular weight excluding hydrogens is 286 g/mol. The molecular formula is C16H19NO5. The number of benzene rings is 1. The molecule has 0 unspecified atom stereocenters. The SMILES string of the molecule is CC(=O)c1ccccc1NC(=O)[C@H](C)OC(=O)[C@H]1CCCO1. The van der Waals surface area contributed by atoms with Gasteiger partial charge in [0.15, 0.2) is 18.0 Å². The van der Waals surface area contributed by atoms with Crippen LogP contribution in [0.15, 0.2) is 24.3 Å². The summed E-state index contributed by atoms with van der Waals surface area (Å²) in [7, 11) is 0. The van der Waals surface area contributed by atoms with Crippen LogP contribution in [0, 0.1) is 0 Å². The molecule has 1 aliphatic rings. The first kappa shape index (κ1) is 16.2. The number of ketones is 1. The molecule has 0 spiro atoms. The Morgan fingerprint density at radius 1 is 1.32 bits per heavy atom. The van der Waals surface area contributed by atoms with E-state index in [-0.39, 0.29) is 5.78 Å². The number of para-hydroxylation sites is 1. The second kappa shape index (κ2) is 7.17. The minimum Gasteiger partial charge on any atom is -0.451 e. The maximum Gasteiger partial charge on any atom is 0.336 e. The summed E-state index contributed by atoms with van der Waals surface area (Å²) in [4.78, 5) is 35.4. The van der Waals surface area contributed by atoms with Crippen molar-refractivity contribution in [3.63, 3.8) is 0 Å². The Hall–Kier alpha value is -2.21. The van der Waals surface area contributed by atoms with Crippen LogP contribution < -0.4 is 5.32 Å². The number of carbonyl (C=O) groups excluding carboxylic acids is 3. The van der Waals surface area contributed by atoms with Crippen LogP contribution >= 0.6 is 0 Å². The zero-order valence-electron chi connectivity index (χ0n) is 12.6. The van der Waals surface area contributed by atoms with Gasteiger partial charge in [-0.2, -0.15) is 0 Å². The predicted molar refractivity (Wildman–Crippen MR) is 79.6 cm³/mol. The smallest absolute Gasteiger partial charge is 0.336 e. The number of hydrogen-bond donors (Lipinski definition) is 1. The van der Waals surface area contributed by atoms with Gasteiger partial charge >= 0.3 is 5.97 Å². The highest BCUT2D eigenvalue weighted by Crippen LogP contribution is 2.17. The summed E-state index contributed by atoms with van der Waals surface area (Å²) in [6.45, 7) is 3.44. The van der Waals surface area contributed by atoms with Gasteiger partial charge in [0.25, 0.3) is 5.91 Å². The van der Waals surface area contributed by atoms with Crippen molar-refractivity contribution in [3.8, 4) is 0 Å². The van der Waals surface area contributed by atoms with E-state index in [1.807, 2.05) is 0 Å². The average Bonchev–Trinajstić information content (AvgIpc) is 3.01. The van der Waals surface area contributed by atoms with Gasteiger partial charge in [-0.25, -0.2) is 4.79 Å². The highest BCUT2D eigenvalue weighted by Gasteiger charge is 2.28. The largest absolute Gasteiger partial charge is 0.451 e. The topological polar surface area (TPSA) is 81.7 Å². The molecule has 1 aromatic rings. The number of hydrogen-bond acceptors (Lipinski definition) is 5. The van der Waals surface area contributed by atoms with Gasteiger partial charge in [-0.1, -0.05) is 12.1 Å². The Labute approximate surface area is 128 Å². The van der Waals surface area contributed by atoms with E-state index < -0.39 is 24.1 Å². The number of nitrogens with one attached hydrogen (secondary N) is 1. The molecule has 118 valence electrons. The van der Waals surface area contributed by atoms with E-state index >= 15 is 0 Å². The van der Waals surface area contributed by atoms with Gasteiger partial charge in [0.2, 0.25) is 0 Å². The third-order valence-corrected chi connectivity index (χ3v) is 3.42. The summed E-state index contributed by atoms with van der Waals surface area (Å²) < 4.78 is 10.3. The second-order valence-electron chi connectivity index (χ2n) is 5.17. The molecule has 0 radical (unpaired) electrons. The maximum absolute atomic E-state index is 12.1. The summed E-state index contributed by atoms with van der Waals surface area (Å²) in [6.07, 6.45) is -0.122. The highest BCUT2D eigenvalue weighted by molar-refractivity contribution is 6.04. The third kappa shape index (κ3) is 3.92. The lowest BCUT2D eigenvalue weighted by molar-refractivity contribution is -0.162. The fourth-order valence-corrected chi connectivity index (χ4v) is 2.20. The Bertz CT molecular complexity index is 578. The van der Waals surface area contributed by atoms with Crippen molar-refractivity contribution in [1.82, 2.24) is 0 Å². The number of amides is 1. The fraction of sp³-hybridized carbons (Fsp3) is 0.438. The molecule has 1 heterocycles. The molecule has 1 aromatic carbocycles. The van der Waals surface area contributed by atoms with Gasteiger partial charge in [-0.15, -0.1) is 0 Å². The first-order chi connectivity index (χ1) is 10.5. The van der Waals surface area contributed by atoms with Crippen LogP contribution in [-0.4, -0.2) is 36.5 Å². The Kier molecular flexibility index (Phi) is 5.27. The van der Waals surface area contributed by atoms with Crippen molar-refractivity contribution in [1.29, 1.82) is 0 Å². The van der Waals surface area contributed by atoms with Gasteiger partial charge < -0.3 is 14.8 Å². The zero-order chi connectivity index (χ0) is 16.1. The van der Waals surface area contributed by atoms with E-state index in [2.05, 4.69) is 5.32 Å². The summed E-state index contributed by atoms with van der Waals surface area (Å²) in [5.41, 5.74) is 0.813. The Morgan fingerprint density at radius 2 is 2.05 bits per heavy atom. The van der Waals surface area contributed by atoms with Crippen molar-refractivity contribution in [3.05, 3.63) is 29.8 Å². The van der Waals surface area contributed by atoms with E-state index in [1.165, 1.54) is 13.8 Å². The number of esters is 1. The van der Waals surface area contributed by atoms with Crippen LogP contribution in [-0.2, 0) is 19.1 Å². The van der Waals surface area contributed by atoms with Gasteiger partial charge in [-0.05, 0) is 38.8 Å². The molecule has 0 aliphatic carbocycles. The van der Waals surface area contributed by atoms with Crippen molar-refractivity contribution in [2.24, 2.45) is 0 Å². The van der Waals surface area contributed by atoms with Crippen LogP contribution in [0.4, 0.5) is 5.69 Å². The fourth-order valence-electron chi connectivity index (χ4n) is 2.20. The molecule has 1 aliphatic heterocycles. The van der Waals surface area contributed by atoms with Crippen molar-refractivity contribution < 1.29 is 23.9 Å². The van der Waals surface area contributed by atoms with Crippen LogP contribution in [0.5, 0.6) is 0 Å². The van der Waals surface area contributed by atoms with Gasteiger partial charge in [-0.3, -0.25) is 9.59 Å². The van der Waals surface area contributed by atoms with Crippen molar-refractivity contribution in [2.75, 3.05) is 11.9 Å². The summed E-state index contributed by atoms with van der Waals surface area (Å²) in [6, 6.07) is 6.68. The van der Waals surface area contributed by atoms with Gasteiger partial charge in [0.1, 0.15) is 0 Å². The average molecular weight is 305 g/mol. The van der Waals surface area contributed by atoms with Crippen LogP contribution in [0.3, 0.4) is 0 Å². The van der Waals surface area contributed by atoms with E-state index in [9.17, 15) is 14.4 Å². The molecule has 6 nitrogen and oxygen atoms in total. The van der Waals surface area contributed by atoms with Gasteiger partial charge in [0, 0.05) is 12.2 Å². The molecule has 1 saturated heterocycles. The maximum atomic E-state index is 12.1. The lowest BCUT2D eigenvalue weighted by Crippen LogP contribution is -2.34. The molecule has 0 aromatic heterocycles. The minimum absolute atomic E-state index is 0.153. The Morgan fingerprint density at radius 3 is 2.68 bits per heavy atom. The molecule has 1 amide bonds. The molecule has 2 atom stereocenters. The van der Waals surface area contributed by atoms with Gasteiger partial charge in [0.05, 0.1) is 5.69 Å². The Balaban J connectivity index is 1.96. The number of ether oxygens (including phenoxy) is 2. The molecule has 0 bridgehead atoms. The monoisotopic (exact) mass is 305 g/mol. The molecule has 6 heteroatoms. The van der Waals surface area contributed by atoms with E-state index in [1.54, 1.807) is 24.3 Å². The first-order valence-corrected chi connectivity index (χ1v) is 7.22. The number of carbonyl (C=O) groups is 3. The summed E-state index contributed by atoms with van der Waals surface area (Å²) >= 11 is 0. The zero-order valence-corrected chi connectivity index (χ0v) is 12.6. The molecule has 0 saturated carbocycles. The van der Waals surface area contributed by atoms with E-state index in [0.29, 0.717) is 24.3 Å². The highest BCUT2D eigenvalue weighted by atomic mass is 16.6. The second-order valence-corrected chi connectivity index (χ2v) is 5.17. The number of anilines is 1. The number of rotatable bonds is 5. The molecule has 1 fully saturated rings. The first-order valence-electron chi connectivity index (χ1n) is 7.22. The molecule has 22 heavy (non-hydrogen) atoms. The van der Waals surface area contributed by atoms with Crippen LogP contribution in [0.1, 0.15) is 37.0 Å². The summed E-state index contributed by atoms with van der Waals surface area (Å²) in [5.74, 6) is -1.17. The van der Waals surface area contributed by atoms with Crippen LogP contribution in [0.25, 0.3) is 0 Å². The van der Waals surface area contributed by atoms with E-state index in [4.69, 9.17) is 9.47 Å². The lowest BCUT2D eigenvalue weighted by Gasteiger charge is -2.16.